The molecule has 0 N–H and O–H groups in total. The van der Waals surface area contributed by atoms with Crippen LogP contribution in [0.15, 0.2) is 18.2 Å². The molecule has 0 saturated heterocycles. The molecule has 0 aliphatic rings. The molecule has 0 aliphatic heterocycles. The van der Waals surface area contributed by atoms with E-state index < -0.39 is 0 Å². The van der Waals surface area contributed by atoms with Crippen LogP contribution in [0.2, 0.25) is 5.02 Å². The molecule has 1 aromatic carbocycles. The SMILES string of the molecule is COCCCOCCOc1cccc(Cl)c1C#N. The van der Waals surface area contributed by atoms with Crippen LogP contribution in [0.5, 0.6) is 5.75 Å². The number of methoxy groups -OCH3 is 1. The number of hydrogen-bond acceptors (Lipinski definition) is 4. The van der Waals surface area contributed by atoms with Crippen LogP contribution in [-0.4, -0.2) is 33.5 Å². The van der Waals surface area contributed by atoms with Gasteiger partial charge in [0.15, 0.2) is 0 Å². The molecule has 1 rings (SSSR count). The molecule has 4 nitrogen and oxygen atoms in total. The van der Waals surface area contributed by atoms with Crippen LogP contribution in [0, 0.1) is 11.3 Å². The van der Waals surface area contributed by atoms with Gasteiger partial charge >= 0.3 is 0 Å². The molecule has 0 saturated carbocycles. The number of nitrogens with zero attached hydrogens (tertiary/aromatic N) is 1. The van der Waals surface area contributed by atoms with Gasteiger partial charge in [0, 0.05) is 20.3 Å². The zero-order chi connectivity index (χ0) is 13.2. The van der Waals surface area contributed by atoms with Gasteiger partial charge in [-0.25, -0.2) is 0 Å². The fourth-order valence-corrected chi connectivity index (χ4v) is 1.56. The number of nitriles is 1. The van der Waals surface area contributed by atoms with E-state index in [4.69, 9.17) is 31.1 Å². The monoisotopic (exact) mass is 269 g/mol. The van der Waals surface area contributed by atoms with Gasteiger partial charge in [0.1, 0.15) is 24.0 Å². The Morgan fingerprint density at radius 3 is 2.78 bits per heavy atom. The Hall–Kier alpha value is -1.28. The smallest absolute Gasteiger partial charge is 0.138 e. The van der Waals surface area contributed by atoms with Gasteiger partial charge in [-0.2, -0.15) is 5.26 Å². The van der Waals surface area contributed by atoms with Crippen molar-refractivity contribution < 1.29 is 14.2 Å². The van der Waals surface area contributed by atoms with Gasteiger partial charge in [-0.05, 0) is 18.6 Å². The minimum Gasteiger partial charge on any atom is -0.490 e. The number of rotatable bonds is 8. The summed E-state index contributed by atoms with van der Waals surface area (Å²) in [7, 11) is 1.66. The van der Waals surface area contributed by atoms with Gasteiger partial charge < -0.3 is 14.2 Å². The summed E-state index contributed by atoms with van der Waals surface area (Å²) in [4.78, 5) is 0. The molecular formula is C13H16ClNO3. The molecule has 5 heteroatoms. The van der Waals surface area contributed by atoms with Gasteiger partial charge in [-0.3, -0.25) is 0 Å². The van der Waals surface area contributed by atoms with Gasteiger partial charge in [0.25, 0.3) is 0 Å². The van der Waals surface area contributed by atoms with Crippen LogP contribution in [-0.2, 0) is 9.47 Å². The van der Waals surface area contributed by atoms with Crippen molar-refractivity contribution in [2.75, 3.05) is 33.5 Å². The summed E-state index contributed by atoms with van der Waals surface area (Å²) in [6.45, 7) is 2.19. The summed E-state index contributed by atoms with van der Waals surface area (Å²) >= 11 is 5.88. The molecule has 0 bridgehead atoms. The van der Waals surface area contributed by atoms with Crippen LogP contribution >= 0.6 is 11.6 Å². The van der Waals surface area contributed by atoms with Crippen LogP contribution < -0.4 is 4.74 Å². The van der Waals surface area contributed by atoms with Crippen LogP contribution in [0.1, 0.15) is 12.0 Å². The topological polar surface area (TPSA) is 51.5 Å². The normalized spacial score (nSPS) is 10.1. The summed E-state index contributed by atoms with van der Waals surface area (Å²) < 4.78 is 15.7. The van der Waals surface area contributed by atoms with Crippen LogP contribution in [0.25, 0.3) is 0 Å². The number of ether oxygens (including phenoxy) is 3. The Morgan fingerprint density at radius 1 is 1.22 bits per heavy atom. The van der Waals surface area contributed by atoms with Crippen molar-refractivity contribution in [3.05, 3.63) is 28.8 Å². The molecule has 0 unspecified atom stereocenters. The maximum atomic E-state index is 8.94. The zero-order valence-electron chi connectivity index (χ0n) is 10.3. The van der Waals surface area contributed by atoms with E-state index in [9.17, 15) is 0 Å². The van der Waals surface area contributed by atoms with Gasteiger partial charge in [0.2, 0.25) is 0 Å². The third kappa shape index (κ3) is 4.92. The first kappa shape index (κ1) is 14.8. The number of hydrogen-bond donors (Lipinski definition) is 0. The largest absolute Gasteiger partial charge is 0.490 e. The summed E-state index contributed by atoms with van der Waals surface area (Å²) in [5.74, 6) is 0.491. The summed E-state index contributed by atoms with van der Waals surface area (Å²) in [5, 5.41) is 9.34. The van der Waals surface area contributed by atoms with E-state index in [1.54, 1.807) is 25.3 Å². The first-order valence-corrected chi connectivity index (χ1v) is 6.05. The minimum absolute atomic E-state index is 0.360. The standard InChI is InChI=1S/C13H16ClNO3/c1-16-6-3-7-17-8-9-18-13-5-2-4-12(14)11(13)10-15/h2,4-5H,3,6-9H2,1H3. The molecule has 1 aromatic rings. The van der Waals surface area contributed by atoms with Crippen LogP contribution in [0.4, 0.5) is 0 Å². The molecule has 0 heterocycles. The van der Waals surface area contributed by atoms with Crippen molar-refractivity contribution in [3.8, 4) is 11.8 Å². The van der Waals surface area contributed by atoms with E-state index in [2.05, 4.69) is 0 Å². The zero-order valence-corrected chi connectivity index (χ0v) is 11.1. The summed E-state index contributed by atoms with van der Waals surface area (Å²) in [6.07, 6.45) is 0.858. The Labute approximate surface area is 112 Å². The van der Waals surface area contributed by atoms with Crippen molar-refractivity contribution >= 4 is 11.6 Å². The minimum atomic E-state index is 0.360. The van der Waals surface area contributed by atoms with E-state index in [-0.39, 0.29) is 0 Å². The third-order valence-electron chi connectivity index (χ3n) is 2.21. The van der Waals surface area contributed by atoms with Crippen molar-refractivity contribution in [3.63, 3.8) is 0 Å². The van der Waals surface area contributed by atoms with Crippen molar-refractivity contribution in [1.29, 1.82) is 5.26 Å². The average molecular weight is 270 g/mol. The lowest BCUT2D eigenvalue weighted by Gasteiger charge is -2.09. The average Bonchev–Trinajstić information content (AvgIpc) is 2.38. The second-order valence-electron chi connectivity index (χ2n) is 3.53. The first-order valence-electron chi connectivity index (χ1n) is 5.67. The fourth-order valence-electron chi connectivity index (χ4n) is 1.35. The molecule has 0 aliphatic carbocycles. The molecule has 0 fully saturated rings. The lowest BCUT2D eigenvalue weighted by molar-refractivity contribution is 0.0806. The predicted molar refractivity (Wildman–Crippen MR) is 69.0 cm³/mol. The second kappa shape index (κ2) is 8.76. The highest BCUT2D eigenvalue weighted by Crippen LogP contribution is 2.25. The molecule has 18 heavy (non-hydrogen) atoms. The van der Waals surface area contributed by atoms with E-state index in [0.717, 1.165) is 6.42 Å². The highest BCUT2D eigenvalue weighted by atomic mass is 35.5. The molecule has 0 aromatic heterocycles. The molecular weight excluding hydrogens is 254 g/mol. The van der Waals surface area contributed by atoms with Crippen molar-refractivity contribution in [1.82, 2.24) is 0 Å². The quantitative estimate of drug-likeness (QED) is 0.681. The second-order valence-corrected chi connectivity index (χ2v) is 3.94. The van der Waals surface area contributed by atoms with E-state index in [1.165, 1.54) is 0 Å². The summed E-state index contributed by atoms with van der Waals surface area (Å²) in [5.41, 5.74) is 0.360. The maximum absolute atomic E-state index is 8.94. The highest BCUT2D eigenvalue weighted by Gasteiger charge is 2.06. The molecule has 0 atom stereocenters. The van der Waals surface area contributed by atoms with Crippen molar-refractivity contribution in [2.45, 2.75) is 6.42 Å². The number of benzene rings is 1. The number of halogens is 1. The van der Waals surface area contributed by atoms with Gasteiger partial charge in [0.05, 0.1) is 11.6 Å². The molecule has 0 spiro atoms. The third-order valence-corrected chi connectivity index (χ3v) is 2.52. The molecule has 98 valence electrons. The fraction of sp³-hybridized carbons (Fsp3) is 0.462. The molecule has 0 amide bonds. The Balaban J connectivity index is 2.28. The highest BCUT2D eigenvalue weighted by molar-refractivity contribution is 6.31. The lowest BCUT2D eigenvalue weighted by Crippen LogP contribution is -2.09. The Kier molecular flexibility index (Phi) is 7.19. The van der Waals surface area contributed by atoms with E-state index in [0.29, 0.717) is 42.8 Å². The molecule has 0 radical (unpaired) electrons. The first-order chi connectivity index (χ1) is 8.79. The lowest BCUT2D eigenvalue weighted by atomic mass is 10.2. The Morgan fingerprint density at radius 2 is 2.06 bits per heavy atom. The maximum Gasteiger partial charge on any atom is 0.138 e. The Bertz CT molecular complexity index is 404. The van der Waals surface area contributed by atoms with Gasteiger partial charge in [-0.1, -0.05) is 17.7 Å². The van der Waals surface area contributed by atoms with Crippen LogP contribution in [0.3, 0.4) is 0 Å². The predicted octanol–water partition coefficient (Wildman–Crippen LogP) is 2.64. The summed E-state index contributed by atoms with van der Waals surface area (Å²) in [6, 6.07) is 7.14. The van der Waals surface area contributed by atoms with E-state index >= 15 is 0 Å². The van der Waals surface area contributed by atoms with Gasteiger partial charge in [-0.15, -0.1) is 0 Å². The van der Waals surface area contributed by atoms with Crippen molar-refractivity contribution in [2.24, 2.45) is 0 Å². The van der Waals surface area contributed by atoms with E-state index in [1.807, 2.05) is 6.07 Å².